The topological polar surface area (TPSA) is 39.1 Å². The summed E-state index contributed by atoms with van der Waals surface area (Å²) in [5, 5.41) is 9.48. The molecule has 4 heteroatoms. The zero-order chi connectivity index (χ0) is 17.5. The molecule has 1 aromatic carbocycles. The Labute approximate surface area is 146 Å². The third-order valence-electron chi connectivity index (χ3n) is 4.61. The summed E-state index contributed by atoms with van der Waals surface area (Å²) in [4.78, 5) is 9.23. The fraction of sp³-hybridized carbons (Fsp3) is 0.550. The van der Waals surface area contributed by atoms with Crippen molar-refractivity contribution >= 4 is 11.8 Å². The molecule has 0 spiro atoms. The van der Waals surface area contributed by atoms with E-state index in [1.165, 1.54) is 11.1 Å². The minimum absolute atomic E-state index is 0.101. The van der Waals surface area contributed by atoms with Gasteiger partial charge in [0.15, 0.2) is 0 Å². The van der Waals surface area contributed by atoms with Gasteiger partial charge >= 0.3 is 0 Å². The maximum absolute atomic E-state index is 9.48. The summed E-state index contributed by atoms with van der Waals surface area (Å²) in [7, 11) is 4.17. The van der Waals surface area contributed by atoms with E-state index in [0.717, 1.165) is 31.5 Å². The van der Waals surface area contributed by atoms with Crippen molar-refractivity contribution in [1.29, 1.82) is 0 Å². The molecule has 0 amide bonds. The van der Waals surface area contributed by atoms with Gasteiger partial charge in [-0.3, -0.25) is 9.89 Å². The number of aliphatic hydroxyl groups is 1. The predicted octanol–water partition coefficient (Wildman–Crippen LogP) is 3.03. The Balaban J connectivity index is 2.09. The van der Waals surface area contributed by atoms with E-state index in [1.54, 1.807) is 0 Å². The highest BCUT2D eigenvalue weighted by Crippen LogP contribution is 2.21. The van der Waals surface area contributed by atoms with E-state index in [2.05, 4.69) is 68.1 Å². The molecule has 2 atom stereocenters. The van der Waals surface area contributed by atoms with Gasteiger partial charge in [-0.1, -0.05) is 24.3 Å². The number of aliphatic hydroxyl groups excluding tert-OH is 1. The van der Waals surface area contributed by atoms with Crippen molar-refractivity contribution < 1.29 is 5.11 Å². The molecule has 1 N–H and O–H groups in total. The van der Waals surface area contributed by atoms with Crippen molar-refractivity contribution in [3.8, 4) is 0 Å². The Kier molecular flexibility index (Phi) is 7.16. The lowest BCUT2D eigenvalue weighted by atomic mass is 10.0. The summed E-state index contributed by atoms with van der Waals surface area (Å²) >= 11 is 0. The largest absolute Gasteiger partial charge is 0.395 e. The molecule has 0 aromatic heterocycles. The van der Waals surface area contributed by atoms with E-state index in [9.17, 15) is 5.11 Å². The molecule has 0 aliphatic carbocycles. The standard InChI is InChI=1S/C20H31N3O/c1-5-18(19-9-6-8-17(12-19)14-22(3)4)13-21-16(2)23-11-7-10-20(23)15-24/h5-6,8-9,12-13,16,20,24H,7,10-11,14-15H2,1-4H3/b18-5+,21-13-/t16?,20-/m0/s1. The third-order valence-corrected chi connectivity index (χ3v) is 4.61. The highest BCUT2D eigenvalue weighted by molar-refractivity contribution is 6.09. The van der Waals surface area contributed by atoms with Gasteiger partial charge in [0.25, 0.3) is 0 Å². The van der Waals surface area contributed by atoms with Gasteiger partial charge < -0.3 is 10.0 Å². The maximum Gasteiger partial charge on any atom is 0.0993 e. The molecule has 1 aliphatic rings. The summed E-state index contributed by atoms with van der Waals surface area (Å²) < 4.78 is 0. The third kappa shape index (κ3) is 5.00. The van der Waals surface area contributed by atoms with Gasteiger partial charge in [0, 0.05) is 25.3 Å². The zero-order valence-electron chi connectivity index (χ0n) is 15.4. The molecule has 0 radical (unpaired) electrons. The minimum atomic E-state index is 0.101. The second-order valence-electron chi connectivity index (χ2n) is 6.81. The molecule has 24 heavy (non-hydrogen) atoms. The molecule has 1 aliphatic heterocycles. The minimum Gasteiger partial charge on any atom is -0.395 e. The summed E-state index contributed by atoms with van der Waals surface area (Å²) in [6, 6.07) is 8.90. The van der Waals surface area contributed by atoms with Crippen molar-refractivity contribution in [3.63, 3.8) is 0 Å². The molecular formula is C20H31N3O. The van der Waals surface area contributed by atoms with Crippen molar-refractivity contribution in [1.82, 2.24) is 9.80 Å². The molecule has 1 saturated heterocycles. The van der Waals surface area contributed by atoms with E-state index in [-0.39, 0.29) is 18.8 Å². The van der Waals surface area contributed by atoms with Gasteiger partial charge in [-0.2, -0.15) is 0 Å². The Morgan fingerprint density at radius 1 is 1.46 bits per heavy atom. The second kappa shape index (κ2) is 9.11. The normalized spacial score (nSPS) is 21.1. The maximum atomic E-state index is 9.48. The van der Waals surface area contributed by atoms with Crippen LogP contribution in [0.3, 0.4) is 0 Å². The summed E-state index contributed by atoms with van der Waals surface area (Å²) in [5.74, 6) is 0. The lowest BCUT2D eigenvalue weighted by Crippen LogP contribution is -2.38. The van der Waals surface area contributed by atoms with Crippen molar-refractivity contribution in [2.75, 3.05) is 27.2 Å². The molecule has 4 nitrogen and oxygen atoms in total. The number of aliphatic imine (C=N–C) groups is 1. The number of hydrogen-bond acceptors (Lipinski definition) is 4. The van der Waals surface area contributed by atoms with Gasteiger partial charge in [0.05, 0.1) is 12.8 Å². The van der Waals surface area contributed by atoms with E-state index in [0.29, 0.717) is 0 Å². The average Bonchev–Trinajstić information content (AvgIpc) is 3.03. The van der Waals surface area contributed by atoms with Crippen molar-refractivity contribution in [2.24, 2.45) is 4.99 Å². The van der Waals surface area contributed by atoms with Gasteiger partial charge in [-0.15, -0.1) is 0 Å². The number of likely N-dealkylation sites (tertiary alicyclic amines) is 1. The number of rotatable bonds is 7. The number of nitrogens with zero attached hydrogens (tertiary/aromatic N) is 3. The van der Waals surface area contributed by atoms with Crippen LogP contribution in [-0.2, 0) is 6.54 Å². The Hall–Kier alpha value is -1.49. The van der Waals surface area contributed by atoms with Gasteiger partial charge in [-0.05, 0) is 63.6 Å². The van der Waals surface area contributed by atoms with Crippen LogP contribution in [0.25, 0.3) is 5.57 Å². The second-order valence-corrected chi connectivity index (χ2v) is 6.81. The van der Waals surface area contributed by atoms with E-state index in [4.69, 9.17) is 4.99 Å². The molecule has 2 rings (SSSR count). The first-order chi connectivity index (χ1) is 11.5. The monoisotopic (exact) mass is 329 g/mol. The van der Waals surface area contributed by atoms with E-state index >= 15 is 0 Å². The van der Waals surface area contributed by atoms with Crippen LogP contribution < -0.4 is 0 Å². The van der Waals surface area contributed by atoms with Crippen LogP contribution in [0.2, 0.25) is 0 Å². The zero-order valence-corrected chi connectivity index (χ0v) is 15.4. The molecule has 1 unspecified atom stereocenters. The van der Waals surface area contributed by atoms with Crippen LogP contribution in [0.4, 0.5) is 0 Å². The fourth-order valence-corrected chi connectivity index (χ4v) is 3.35. The van der Waals surface area contributed by atoms with Gasteiger partial charge in [0.2, 0.25) is 0 Å². The van der Waals surface area contributed by atoms with Crippen LogP contribution in [0.1, 0.15) is 37.8 Å². The van der Waals surface area contributed by atoms with Crippen LogP contribution in [-0.4, -0.2) is 60.6 Å². The number of allylic oxidation sites excluding steroid dienone is 2. The summed E-state index contributed by atoms with van der Waals surface area (Å²) in [6.07, 6.45) is 6.41. The van der Waals surface area contributed by atoms with Gasteiger partial charge in [0.1, 0.15) is 0 Å². The smallest absolute Gasteiger partial charge is 0.0993 e. The Morgan fingerprint density at radius 3 is 2.92 bits per heavy atom. The number of benzene rings is 1. The highest BCUT2D eigenvalue weighted by Gasteiger charge is 2.27. The number of hydrogen-bond donors (Lipinski definition) is 1. The van der Waals surface area contributed by atoms with E-state index in [1.807, 2.05) is 6.21 Å². The average molecular weight is 329 g/mol. The van der Waals surface area contributed by atoms with Crippen LogP contribution in [0.5, 0.6) is 0 Å². The first-order valence-corrected chi connectivity index (χ1v) is 8.85. The molecule has 1 fully saturated rings. The highest BCUT2D eigenvalue weighted by atomic mass is 16.3. The fourth-order valence-electron chi connectivity index (χ4n) is 3.35. The molecule has 132 valence electrons. The summed E-state index contributed by atoms with van der Waals surface area (Å²) in [6.45, 7) is 6.34. The molecule has 1 heterocycles. The van der Waals surface area contributed by atoms with E-state index < -0.39 is 0 Å². The predicted molar refractivity (Wildman–Crippen MR) is 102 cm³/mol. The first kappa shape index (κ1) is 18.8. The first-order valence-electron chi connectivity index (χ1n) is 8.85. The summed E-state index contributed by atoms with van der Waals surface area (Å²) in [5.41, 5.74) is 3.65. The lowest BCUT2D eigenvalue weighted by Gasteiger charge is -2.26. The van der Waals surface area contributed by atoms with Gasteiger partial charge in [-0.25, -0.2) is 0 Å². The molecule has 0 saturated carbocycles. The van der Waals surface area contributed by atoms with Crippen LogP contribution in [0, 0.1) is 0 Å². The van der Waals surface area contributed by atoms with Crippen molar-refractivity contribution in [3.05, 3.63) is 41.5 Å². The molecule has 0 bridgehead atoms. The quantitative estimate of drug-likeness (QED) is 0.782. The molecular weight excluding hydrogens is 298 g/mol. The van der Waals surface area contributed by atoms with Crippen LogP contribution in [0.15, 0.2) is 35.3 Å². The Morgan fingerprint density at radius 2 is 2.25 bits per heavy atom. The van der Waals surface area contributed by atoms with Crippen molar-refractivity contribution in [2.45, 2.75) is 45.4 Å². The Bertz CT molecular complexity index is 580. The SMILES string of the molecule is C/C=C(\C=N/C(C)N1CCC[C@H]1CO)c1cccc(CN(C)C)c1. The lowest BCUT2D eigenvalue weighted by molar-refractivity contribution is 0.129. The molecule has 1 aromatic rings. The van der Waals surface area contributed by atoms with Crippen LogP contribution >= 0.6 is 0 Å².